The van der Waals surface area contributed by atoms with Crippen molar-refractivity contribution < 1.29 is 0 Å². The summed E-state index contributed by atoms with van der Waals surface area (Å²) in [6.45, 7) is 11.7. The van der Waals surface area contributed by atoms with Gasteiger partial charge in [-0.05, 0) is 73.4 Å². The van der Waals surface area contributed by atoms with Gasteiger partial charge in [0, 0.05) is 36.8 Å². The maximum Gasteiger partial charge on any atom is 0.0510 e. The fourth-order valence-electron chi connectivity index (χ4n) is 5.66. The Balaban J connectivity index is 1.61. The zero-order valence-electron chi connectivity index (χ0n) is 19.9. The van der Waals surface area contributed by atoms with Crippen LogP contribution >= 0.6 is 11.3 Å². The minimum absolute atomic E-state index is 0.00736. The van der Waals surface area contributed by atoms with Crippen molar-refractivity contribution in [2.24, 2.45) is 0 Å². The Morgan fingerprint density at radius 2 is 1.39 bits per heavy atom. The number of anilines is 2. The number of nitrogens with zero attached hydrogens (tertiary/aromatic N) is 1. The molecule has 1 nitrogen and oxygen atoms in total. The fourth-order valence-corrected chi connectivity index (χ4v) is 6.79. The first-order valence-electron chi connectivity index (χ1n) is 11.7. The lowest BCUT2D eigenvalue weighted by molar-refractivity contribution is 0.560. The first-order valence-corrected chi connectivity index (χ1v) is 12.5. The molecule has 0 radical (unpaired) electrons. The molecule has 4 aromatic carbocycles. The van der Waals surface area contributed by atoms with Crippen molar-refractivity contribution in [3.05, 3.63) is 96.1 Å². The summed E-state index contributed by atoms with van der Waals surface area (Å²) in [4.78, 5) is 2.54. The lowest BCUT2D eigenvalue weighted by Crippen LogP contribution is -2.37. The SMILES string of the molecule is CC1(C)c2ccccc2-c2ccc(N(c3cccc4sc5ccccc5c34)C(C)(C)C)cc21. The molecule has 0 amide bonds. The lowest BCUT2D eigenvalue weighted by Gasteiger charge is -2.39. The molecule has 33 heavy (non-hydrogen) atoms. The van der Waals surface area contributed by atoms with E-state index in [1.807, 2.05) is 11.3 Å². The van der Waals surface area contributed by atoms with Gasteiger partial charge in [-0.15, -0.1) is 11.3 Å². The number of benzene rings is 4. The van der Waals surface area contributed by atoms with E-state index in [0.717, 1.165) is 0 Å². The second kappa shape index (κ2) is 6.95. The van der Waals surface area contributed by atoms with Crippen LogP contribution in [0, 0.1) is 0 Å². The van der Waals surface area contributed by atoms with Gasteiger partial charge in [0.15, 0.2) is 0 Å². The first kappa shape index (κ1) is 20.5. The molecule has 1 heterocycles. The molecule has 0 aliphatic heterocycles. The highest BCUT2D eigenvalue weighted by Crippen LogP contribution is 2.51. The predicted molar refractivity (Wildman–Crippen MR) is 145 cm³/mol. The van der Waals surface area contributed by atoms with Gasteiger partial charge in [0.05, 0.1) is 5.69 Å². The van der Waals surface area contributed by atoms with Crippen molar-refractivity contribution >= 4 is 42.9 Å². The lowest BCUT2D eigenvalue weighted by atomic mass is 9.82. The van der Waals surface area contributed by atoms with E-state index >= 15 is 0 Å². The number of fused-ring (bicyclic) bond motifs is 6. The van der Waals surface area contributed by atoms with Crippen LogP contribution in [0.25, 0.3) is 31.3 Å². The van der Waals surface area contributed by atoms with Crippen LogP contribution in [0.15, 0.2) is 84.9 Å². The monoisotopic (exact) mass is 447 g/mol. The molecule has 164 valence electrons. The molecule has 1 aromatic heterocycles. The number of hydrogen-bond acceptors (Lipinski definition) is 2. The van der Waals surface area contributed by atoms with Gasteiger partial charge >= 0.3 is 0 Å². The average molecular weight is 448 g/mol. The van der Waals surface area contributed by atoms with Gasteiger partial charge in [0.2, 0.25) is 0 Å². The second-order valence-corrected chi connectivity index (χ2v) is 11.7. The Morgan fingerprint density at radius 1 is 0.697 bits per heavy atom. The third-order valence-corrected chi connectivity index (χ3v) is 8.25. The van der Waals surface area contributed by atoms with E-state index in [9.17, 15) is 0 Å². The van der Waals surface area contributed by atoms with Gasteiger partial charge in [0.25, 0.3) is 0 Å². The van der Waals surface area contributed by atoms with Crippen LogP contribution in [-0.4, -0.2) is 5.54 Å². The smallest absolute Gasteiger partial charge is 0.0510 e. The maximum atomic E-state index is 2.54. The molecule has 1 aliphatic rings. The van der Waals surface area contributed by atoms with Crippen LogP contribution in [0.5, 0.6) is 0 Å². The van der Waals surface area contributed by atoms with E-state index in [1.54, 1.807) is 0 Å². The summed E-state index contributed by atoms with van der Waals surface area (Å²) in [5, 5.41) is 2.70. The zero-order chi connectivity index (χ0) is 23.0. The van der Waals surface area contributed by atoms with Crippen LogP contribution in [-0.2, 0) is 5.41 Å². The first-order chi connectivity index (χ1) is 15.8. The highest BCUT2D eigenvalue weighted by Gasteiger charge is 2.36. The summed E-state index contributed by atoms with van der Waals surface area (Å²) in [7, 11) is 0. The summed E-state index contributed by atoms with van der Waals surface area (Å²) in [6, 6.07) is 31.5. The van der Waals surface area contributed by atoms with E-state index in [0.29, 0.717) is 0 Å². The van der Waals surface area contributed by atoms with Gasteiger partial charge in [-0.25, -0.2) is 0 Å². The Labute approximate surface area is 200 Å². The summed E-state index contributed by atoms with van der Waals surface area (Å²) in [5.41, 5.74) is 8.02. The molecule has 0 saturated heterocycles. The van der Waals surface area contributed by atoms with Gasteiger partial charge in [-0.3, -0.25) is 0 Å². The Hall–Kier alpha value is -3.10. The van der Waals surface area contributed by atoms with Gasteiger partial charge in [-0.1, -0.05) is 68.4 Å². The highest BCUT2D eigenvalue weighted by molar-refractivity contribution is 7.25. The highest BCUT2D eigenvalue weighted by atomic mass is 32.1. The minimum Gasteiger partial charge on any atom is -0.336 e. The summed E-state index contributed by atoms with van der Waals surface area (Å²) >= 11 is 1.88. The van der Waals surface area contributed by atoms with Crippen molar-refractivity contribution in [1.82, 2.24) is 0 Å². The van der Waals surface area contributed by atoms with E-state index in [-0.39, 0.29) is 11.0 Å². The average Bonchev–Trinajstić information content (AvgIpc) is 3.27. The van der Waals surface area contributed by atoms with E-state index in [1.165, 1.54) is 53.8 Å². The molecule has 1 aliphatic carbocycles. The Morgan fingerprint density at radius 3 is 2.21 bits per heavy atom. The molecule has 0 fully saturated rings. The number of rotatable bonds is 2. The normalized spacial score (nSPS) is 14.5. The van der Waals surface area contributed by atoms with Crippen LogP contribution in [0.4, 0.5) is 11.4 Å². The van der Waals surface area contributed by atoms with Crippen molar-refractivity contribution in [1.29, 1.82) is 0 Å². The van der Waals surface area contributed by atoms with E-state index in [4.69, 9.17) is 0 Å². The molecule has 2 heteroatoms. The molecule has 0 unspecified atom stereocenters. The molecule has 0 saturated carbocycles. The maximum absolute atomic E-state index is 2.54. The van der Waals surface area contributed by atoms with E-state index < -0.39 is 0 Å². The van der Waals surface area contributed by atoms with Crippen LogP contribution in [0.3, 0.4) is 0 Å². The van der Waals surface area contributed by atoms with Crippen LogP contribution in [0.1, 0.15) is 45.7 Å². The third-order valence-electron chi connectivity index (χ3n) is 7.12. The molecular weight excluding hydrogens is 418 g/mol. The Kier molecular flexibility index (Phi) is 4.32. The van der Waals surface area contributed by atoms with Crippen molar-refractivity contribution in [2.45, 2.75) is 45.6 Å². The molecule has 0 atom stereocenters. The summed E-state index contributed by atoms with van der Waals surface area (Å²) < 4.78 is 2.69. The summed E-state index contributed by atoms with van der Waals surface area (Å²) in [5.74, 6) is 0. The summed E-state index contributed by atoms with van der Waals surface area (Å²) in [6.07, 6.45) is 0. The number of thiophene rings is 1. The van der Waals surface area contributed by atoms with Gasteiger partial charge < -0.3 is 4.90 Å². The van der Waals surface area contributed by atoms with Gasteiger partial charge in [-0.2, -0.15) is 0 Å². The molecular formula is C31H29NS. The van der Waals surface area contributed by atoms with Crippen LogP contribution < -0.4 is 4.90 Å². The molecule has 5 aromatic rings. The molecule has 0 spiro atoms. The molecule has 0 bridgehead atoms. The number of hydrogen-bond donors (Lipinski definition) is 0. The topological polar surface area (TPSA) is 3.24 Å². The van der Waals surface area contributed by atoms with Crippen molar-refractivity contribution in [3.8, 4) is 11.1 Å². The third kappa shape index (κ3) is 2.97. The van der Waals surface area contributed by atoms with E-state index in [2.05, 4.69) is 124 Å². The zero-order valence-corrected chi connectivity index (χ0v) is 20.8. The van der Waals surface area contributed by atoms with Gasteiger partial charge in [0.1, 0.15) is 0 Å². The minimum atomic E-state index is -0.0822. The van der Waals surface area contributed by atoms with Crippen molar-refractivity contribution in [2.75, 3.05) is 4.90 Å². The predicted octanol–water partition coefficient (Wildman–Crippen LogP) is 9.30. The largest absolute Gasteiger partial charge is 0.336 e. The molecule has 6 rings (SSSR count). The molecule has 0 N–H and O–H groups in total. The standard InChI is InChI=1S/C31H29NS/c1-30(2,3)32(26-14-10-16-28-29(26)23-12-7-9-15-27(23)33-28)20-17-18-22-21-11-6-8-13-24(21)31(4,5)25(22)19-20/h6-19H,1-5H3. The van der Waals surface area contributed by atoms with Crippen LogP contribution in [0.2, 0.25) is 0 Å². The Bertz CT molecular complexity index is 1530. The van der Waals surface area contributed by atoms with Crippen molar-refractivity contribution in [3.63, 3.8) is 0 Å². The fraction of sp³-hybridized carbons (Fsp3) is 0.226. The second-order valence-electron chi connectivity index (χ2n) is 10.7. The quantitative estimate of drug-likeness (QED) is 0.260.